The van der Waals surface area contributed by atoms with Gasteiger partial charge in [0, 0.05) is 19.2 Å². The first-order valence-corrected chi connectivity index (χ1v) is 8.04. The topological polar surface area (TPSA) is 72.6 Å². The molecule has 1 aromatic carbocycles. The van der Waals surface area contributed by atoms with Gasteiger partial charge in [0.25, 0.3) is 5.91 Å². The van der Waals surface area contributed by atoms with Crippen molar-refractivity contribution in [2.24, 2.45) is 0 Å². The van der Waals surface area contributed by atoms with Crippen LogP contribution < -0.4 is 4.90 Å². The zero-order valence-electron chi connectivity index (χ0n) is 14.0. The van der Waals surface area contributed by atoms with E-state index in [9.17, 15) is 9.59 Å². The van der Waals surface area contributed by atoms with Crippen LogP contribution in [0, 0.1) is 13.8 Å². The summed E-state index contributed by atoms with van der Waals surface area (Å²) in [6.07, 6.45) is 0.525. The molecule has 0 bridgehead atoms. The molecule has 0 spiro atoms. The predicted octanol–water partition coefficient (Wildman–Crippen LogP) is 2.99. The van der Waals surface area contributed by atoms with Crippen LogP contribution in [-0.2, 0) is 9.53 Å². The average molecular weight is 328 g/mol. The van der Waals surface area contributed by atoms with Crippen LogP contribution >= 0.6 is 0 Å². The van der Waals surface area contributed by atoms with Gasteiger partial charge in [-0.2, -0.15) is 0 Å². The van der Waals surface area contributed by atoms with Crippen molar-refractivity contribution in [1.82, 2.24) is 4.98 Å². The van der Waals surface area contributed by atoms with E-state index in [0.717, 1.165) is 11.3 Å². The maximum atomic E-state index is 12.9. The van der Waals surface area contributed by atoms with Crippen molar-refractivity contribution >= 4 is 17.6 Å². The fourth-order valence-corrected chi connectivity index (χ4v) is 3.12. The number of carbonyl (C=O) groups is 2. The van der Waals surface area contributed by atoms with Crippen molar-refractivity contribution in [3.8, 4) is 0 Å². The summed E-state index contributed by atoms with van der Waals surface area (Å²) in [5, 5.41) is 0. The fraction of sp³-hybridized carbons (Fsp3) is 0.389. The molecule has 6 heteroatoms. The van der Waals surface area contributed by atoms with Gasteiger partial charge in [-0.25, -0.2) is 4.98 Å². The van der Waals surface area contributed by atoms with Crippen molar-refractivity contribution in [3.05, 3.63) is 47.2 Å². The van der Waals surface area contributed by atoms with Crippen molar-refractivity contribution in [1.29, 1.82) is 0 Å². The minimum absolute atomic E-state index is 0.209. The Balaban J connectivity index is 1.96. The summed E-state index contributed by atoms with van der Waals surface area (Å²) in [7, 11) is 0. The number of hydrogen-bond donors (Lipinski definition) is 0. The van der Waals surface area contributed by atoms with Gasteiger partial charge in [0.15, 0.2) is 11.6 Å². The van der Waals surface area contributed by atoms with Gasteiger partial charge in [0.2, 0.25) is 0 Å². The fourth-order valence-electron chi connectivity index (χ4n) is 3.12. The Kier molecular flexibility index (Phi) is 4.38. The third-order valence-electron chi connectivity index (χ3n) is 4.17. The van der Waals surface area contributed by atoms with Crippen LogP contribution in [0.4, 0.5) is 5.69 Å². The van der Waals surface area contributed by atoms with Gasteiger partial charge in [-0.05, 0) is 31.9 Å². The van der Waals surface area contributed by atoms with E-state index in [0.29, 0.717) is 36.9 Å². The van der Waals surface area contributed by atoms with Crippen molar-refractivity contribution < 1.29 is 18.7 Å². The summed E-state index contributed by atoms with van der Waals surface area (Å²) in [6.45, 7) is 6.01. The van der Waals surface area contributed by atoms with E-state index in [1.54, 1.807) is 25.7 Å². The lowest BCUT2D eigenvalue weighted by atomic mass is 9.89. The zero-order valence-corrected chi connectivity index (χ0v) is 14.0. The first-order valence-electron chi connectivity index (χ1n) is 8.04. The number of rotatable bonds is 3. The molecule has 1 amide bonds. The number of anilines is 1. The lowest BCUT2D eigenvalue weighted by Gasteiger charge is -2.33. The van der Waals surface area contributed by atoms with Crippen LogP contribution in [-0.4, -0.2) is 30.0 Å². The number of para-hydroxylation sites is 1. The molecule has 0 radical (unpaired) electrons. The number of oxazole rings is 1. The van der Waals surface area contributed by atoms with E-state index in [4.69, 9.17) is 9.15 Å². The van der Waals surface area contributed by atoms with Crippen LogP contribution in [0.15, 0.2) is 28.7 Å². The minimum atomic E-state index is -0.342. The SMILES string of the molecule is CCOC(=O)C1CCN(C(=O)c2nc(C)oc2C)c2ccccc21. The van der Waals surface area contributed by atoms with E-state index in [2.05, 4.69) is 4.98 Å². The molecule has 0 saturated carbocycles. The highest BCUT2D eigenvalue weighted by Gasteiger charge is 2.34. The van der Waals surface area contributed by atoms with Crippen LogP contribution in [0.5, 0.6) is 0 Å². The molecule has 1 aliphatic heterocycles. The smallest absolute Gasteiger partial charge is 0.313 e. The number of amides is 1. The number of hydrogen-bond acceptors (Lipinski definition) is 5. The van der Waals surface area contributed by atoms with Crippen molar-refractivity contribution in [2.45, 2.75) is 33.1 Å². The summed E-state index contributed by atoms with van der Waals surface area (Å²) in [5.41, 5.74) is 1.86. The van der Waals surface area contributed by atoms with Gasteiger partial charge < -0.3 is 14.1 Å². The Morgan fingerprint density at radius 3 is 2.75 bits per heavy atom. The van der Waals surface area contributed by atoms with E-state index in [-0.39, 0.29) is 17.8 Å². The van der Waals surface area contributed by atoms with E-state index in [1.807, 2.05) is 24.3 Å². The molecular formula is C18H20N2O4. The lowest BCUT2D eigenvalue weighted by molar-refractivity contribution is -0.145. The van der Waals surface area contributed by atoms with Gasteiger partial charge in [0.1, 0.15) is 5.76 Å². The second-order valence-electron chi connectivity index (χ2n) is 5.75. The highest BCUT2D eigenvalue weighted by atomic mass is 16.5. The maximum Gasteiger partial charge on any atom is 0.313 e. The number of benzene rings is 1. The molecule has 126 valence electrons. The number of carbonyl (C=O) groups excluding carboxylic acids is 2. The molecule has 24 heavy (non-hydrogen) atoms. The number of ether oxygens (including phenoxy) is 1. The summed E-state index contributed by atoms with van der Waals surface area (Å²) in [5.74, 6) is 0.169. The quantitative estimate of drug-likeness (QED) is 0.810. The number of nitrogens with zero attached hydrogens (tertiary/aromatic N) is 2. The number of aryl methyl sites for hydroxylation is 2. The molecule has 0 saturated heterocycles. The molecule has 0 aliphatic carbocycles. The number of fused-ring (bicyclic) bond motifs is 1. The standard InChI is InChI=1S/C18H20N2O4/c1-4-23-18(22)14-9-10-20(15-8-6-5-7-13(14)15)17(21)16-11(2)24-12(3)19-16/h5-8,14H,4,9-10H2,1-3H3. The average Bonchev–Trinajstić information content (AvgIpc) is 2.91. The highest BCUT2D eigenvalue weighted by molar-refractivity contribution is 6.06. The molecule has 6 nitrogen and oxygen atoms in total. The highest BCUT2D eigenvalue weighted by Crippen LogP contribution is 2.36. The Morgan fingerprint density at radius 2 is 2.08 bits per heavy atom. The Hall–Kier alpha value is -2.63. The van der Waals surface area contributed by atoms with Gasteiger partial charge in [0.05, 0.1) is 12.5 Å². The summed E-state index contributed by atoms with van der Waals surface area (Å²) in [4.78, 5) is 31.0. The predicted molar refractivity (Wildman–Crippen MR) is 88.1 cm³/mol. The normalized spacial score (nSPS) is 16.6. The first-order chi connectivity index (χ1) is 11.5. The van der Waals surface area contributed by atoms with Crippen LogP contribution in [0.3, 0.4) is 0 Å². The van der Waals surface area contributed by atoms with Crippen LogP contribution in [0.1, 0.15) is 47.0 Å². The zero-order chi connectivity index (χ0) is 17.3. The van der Waals surface area contributed by atoms with Gasteiger partial charge in [-0.3, -0.25) is 9.59 Å². The third-order valence-corrected chi connectivity index (χ3v) is 4.17. The molecule has 2 heterocycles. The van der Waals surface area contributed by atoms with E-state index in [1.165, 1.54) is 0 Å². The molecule has 1 atom stereocenters. The molecule has 1 aromatic heterocycles. The second-order valence-corrected chi connectivity index (χ2v) is 5.75. The molecular weight excluding hydrogens is 308 g/mol. The third kappa shape index (κ3) is 2.79. The molecule has 2 aromatic rings. The number of aromatic nitrogens is 1. The van der Waals surface area contributed by atoms with Gasteiger partial charge in [-0.1, -0.05) is 18.2 Å². The van der Waals surface area contributed by atoms with Crippen LogP contribution in [0.25, 0.3) is 0 Å². The summed E-state index contributed by atoms with van der Waals surface area (Å²) >= 11 is 0. The molecule has 3 rings (SSSR count). The van der Waals surface area contributed by atoms with Crippen molar-refractivity contribution in [3.63, 3.8) is 0 Å². The van der Waals surface area contributed by atoms with E-state index >= 15 is 0 Å². The van der Waals surface area contributed by atoms with E-state index < -0.39 is 0 Å². The molecule has 0 fully saturated rings. The monoisotopic (exact) mass is 328 g/mol. The molecule has 1 unspecified atom stereocenters. The largest absolute Gasteiger partial charge is 0.466 e. The Bertz CT molecular complexity index is 781. The minimum Gasteiger partial charge on any atom is -0.466 e. The summed E-state index contributed by atoms with van der Waals surface area (Å²) in [6, 6.07) is 7.44. The Morgan fingerprint density at radius 1 is 1.33 bits per heavy atom. The second kappa shape index (κ2) is 6.47. The van der Waals surface area contributed by atoms with Gasteiger partial charge in [-0.15, -0.1) is 0 Å². The molecule has 0 N–H and O–H groups in total. The number of esters is 1. The van der Waals surface area contributed by atoms with Crippen LogP contribution in [0.2, 0.25) is 0 Å². The Labute approximate surface area is 140 Å². The first kappa shape index (κ1) is 16.2. The lowest BCUT2D eigenvalue weighted by Crippen LogP contribution is -2.39. The van der Waals surface area contributed by atoms with Gasteiger partial charge >= 0.3 is 5.97 Å². The molecule has 1 aliphatic rings. The van der Waals surface area contributed by atoms with Crippen molar-refractivity contribution in [2.75, 3.05) is 18.1 Å². The maximum absolute atomic E-state index is 12.9. The summed E-state index contributed by atoms with van der Waals surface area (Å²) < 4.78 is 10.5.